The summed E-state index contributed by atoms with van der Waals surface area (Å²) in [6, 6.07) is 8.42. The van der Waals surface area contributed by atoms with E-state index < -0.39 is 11.2 Å². The van der Waals surface area contributed by atoms with Gasteiger partial charge in [-0.05, 0) is 57.9 Å². The second kappa shape index (κ2) is 9.33. The maximum Gasteiger partial charge on any atom is 0.255 e. The number of benzene rings is 1. The lowest BCUT2D eigenvalue weighted by atomic mass is 9.93. The van der Waals surface area contributed by atoms with Crippen LogP contribution < -0.4 is 20.4 Å². The van der Waals surface area contributed by atoms with Gasteiger partial charge < -0.3 is 24.6 Å². The van der Waals surface area contributed by atoms with Crippen LogP contribution >= 0.6 is 0 Å². The number of amides is 1. The number of anilines is 3. The largest absolute Gasteiger partial charge is 0.377 e. The van der Waals surface area contributed by atoms with Gasteiger partial charge in [-0.25, -0.2) is 14.4 Å². The fourth-order valence-electron chi connectivity index (χ4n) is 4.48. The van der Waals surface area contributed by atoms with Crippen LogP contribution in [0.3, 0.4) is 0 Å². The van der Waals surface area contributed by atoms with Crippen LogP contribution in [0, 0.1) is 0 Å². The zero-order valence-corrected chi connectivity index (χ0v) is 20.5. The Balaban J connectivity index is 1.36. The number of carbonyl (C=O) groups excluding carboxylic acids is 1. The van der Waals surface area contributed by atoms with E-state index in [4.69, 9.17) is 14.5 Å². The summed E-state index contributed by atoms with van der Waals surface area (Å²) in [5.41, 5.74) is -0.205. The summed E-state index contributed by atoms with van der Waals surface area (Å²) in [4.78, 5) is 26.3. The molecule has 0 spiro atoms. The summed E-state index contributed by atoms with van der Waals surface area (Å²) < 4.78 is 25.8. The van der Waals surface area contributed by atoms with E-state index in [1.54, 1.807) is 6.20 Å². The predicted octanol–water partition coefficient (Wildman–Crippen LogP) is 2.93. The normalized spacial score (nSPS) is 22.1. The monoisotopic (exact) mass is 484 g/mol. The number of ether oxygens (including phenoxy) is 2. The zero-order valence-electron chi connectivity index (χ0n) is 20.5. The maximum absolute atomic E-state index is 14.6. The summed E-state index contributed by atoms with van der Waals surface area (Å²) in [6.45, 7) is 6.89. The Morgan fingerprint density at radius 3 is 2.74 bits per heavy atom. The van der Waals surface area contributed by atoms with Gasteiger partial charge in [0.15, 0.2) is 11.6 Å². The van der Waals surface area contributed by atoms with Crippen molar-refractivity contribution >= 4 is 23.1 Å². The SMILES string of the molecule is CC(C)(F)CN1C(=O)C2(C)COCCN2c2nc(-c3ccc(NCOCNC4CC4)cc3)ncc21. The third-order valence-electron chi connectivity index (χ3n) is 6.55. The molecule has 1 unspecified atom stereocenters. The first-order valence-corrected chi connectivity index (χ1v) is 12.1. The van der Waals surface area contributed by atoms with Gasteiger partial charge in [-0.1, -0.05) is 0 Å². The van der Waals surface area contributed by atoms with Gasteiger partial charge in [0.05, 0.1) is 32.7 Å². The predicted molar refractivity (Wildman–Crippen MR) is 132 cm³/mol. The highest BCUT2D eigenvalue weighted by Crippen LogP contribution is 2.42. The van der Waals surface area contributed by atoms with Crippen molar-refractivity contribution in [1.29, 1.82) is 0 Å². The molecule has 9 nitrogen and oxygen atoms in total. The summed E-state index contributed by atoms with van der Waals surface area (Å²) in [7, 11) is 0. The van der Waals surface area contributed by atoms with E-state index in [1.807, 2.05) is 36.1 Å². The van der Waals surface area contributed by atoms with E-state index in [1.165, 1.54) is 31.6 Å². The third-order valence-corrected chi connectivity index (χ3v) is 6.55. The highest BCUT2D eigenvalue weighted by Gasteiger charge is 2.51. The van der Waals surface area contributed by atoms with Gasteiger partial charge in [0.25, 0.3) is 5.91 Å². The summed E-state index contributed by atoms with van der Waals surface area (Å²) in [6.07, 6.45) is 4.09. The fraction of sp³-hybridized carbons (Fsp3) is 0.560. The van der Waals surface area contributed by atoms with E-state index in [2.05, 4.69) is 15.6 Å². The Bertz CT molecular complexity index is 1070. The zero-order chi connectivity index (χ0) is 24.6. The van der Waals surface area contributed by atoms with Gasteiger partial charge in [0, 0.05) is 23.8 Å². The van der Waals surface area contributed by atoms with Gasteiger partial charge in [-0.15, -0.1) is 0 Å². The first-order valence-electron chi connectivity index (χ1n) is 12.1. The van der Waals surface area contributed by atoms with E-state index in [0.717, 1.165) is 11.3 Å². The number of aromatic nitrogens is 2. The second-order valence-electron chi connectivity index (χ2n) is 10.2. The number of halogens is 1. The summed E-state index contributed by atoms with van der Waals surface area (Å²) in [5.74, 6) is 0.975. The van der Waals surface area contributed by atoms with Crippen molar-refractivity contribution in [3.05, 3.63) is 30.5 Å². The molecule has 0 bridgehead atoms. The van der Waals surface area contributed by atoms with Gasteiger partial charge in [-0.3, -0.25) is 10.1 Å². The molecule has 1 aromatic heterocycles. The fourth-order valence-corrected chi connectivity index (χ4v) is 4.48. The Kier molecular flexibility index (Phi) is 6.37. The molecule has 3 heterocycles. The number of rotatable bonds is 9. The minimum Gasteiger partial charge on any atom is -0.377 e. The lowest BCUT2D eigenvalue weighted by Crippen LogP contribution is -2.68. The smallest absolute Gasteiger partial charge is 0.255 e. The molecule has 2 fully saturated rings. The molecule has 5 rings (SSSR count). The van der Waals surface area contributed by atoms with Crippen molar-refractivity contribution in [3.63, 3.8) is 0 Å². The van der Waals surface area contributed by atoms with Gasteiger partial charge in [0.2, 0.25) is 0 Å². The molecule has 2 N–H and O–H groups in total. The lowest BCUT2D eigenvalue weighted by Gasteiger charge is -2.51. The molecule has 2 aromatic rings. The number of hydrogen-bond acceptors (Lipinski definition) is 8. The molecular weight excluding hydrogens is 451 g/mol. The highest BCUT2D eigenvalue weighted by molar-refractivity contribution is 6.08. The van der Waals surface area contributed by atoms with E-state index in [0.29, 0.717) is 50.0 Å². The van der Waals surface area contributed by atoms with Crippen molar-refractivity contribution in [2.45, 2.75) is 50.9 Å². The first-order chi connectivity index (χ1) is 16.7. The van der Waals surface area contributed by atoms with Crippen LogP contribution in [0.1, 0.15) is 33.6 Å². The molecule has 1 amide bonds. The number of carbonyl (C=O) groups is 1. The lowest BCUT2D eigenvalue weighted by molar-refractivity contribution is -0.128. The Labute approximate surface area is 205 Å². The number of nitrogens with one attached hydrogen (secondary N) is 2. The number of morpholine rings is 1. The van der Waals surface area contributed by atoms with Crippen LogP contribution in [0.25, 0.3) is 11.4 Å². The number of hydrogen-bond donors (Lipinski definition) is 2. The Morgan fingerprint density at radius 2 is 2.03 bits per heavy atom. The second-order valence-corrected chi connectivity index (χ2v) is 10.2. The molecule has 188 valence electrons. The van der Waals surface area contributed by atoms with Crippen LogP contribution in [0.2, 0.25) is 0 Å². The average Bonchev–Trinajstić information content (AvgIpc) is 3.66. The van der Waals surface area contributed by atoms with Gasteiger partial charge in [-0.2, -0.15) is 0 Å². The summed E-state index contributed by atoms with van der Waals surface area (Å²) >= 11 is 0. The number of nitrogens with zero attached hydrogens (tertiary/aromatic N) is 4. The molecule has 35 heavy (non-hydrogen) atoms. The minimum atomic E-state index is -1.57. The van der Waals surface area contributed by atoms with Crippen molar-refractivity contribution in [1.82, 2.24) is 15.3 Å². The number of alkyl halides is 1. The Hall–Kier alpha value is -2.82. The minimum absolute atomic E-state index is 0.0798. The van der Waals surface area contributed by atoms with Crippen molar-refractivity contribution in [2.24, 2.45) is 0 Å². The van der Waals surface area contributed by atoms with Crippen molar-refractivity contribution < 1.29 is 18.7 Å². The standard InChI is InChI=1S/C25H33FN6O3/c1-24(2,26)13-31-20-12-27-21(30-22(20)32-10-11-34-14-25(32,3)23(31)33)17-4-6-18(7-5-17)28-15-35-16-29-19-8-9-19/h4-7,12,19,28-29H,8-11,13-16H2,1-3H3. The number of fused-ring (bicyclic) bond motifs is 3. The molecule has 10 heteroatoms. The van der Waals surface area contributed by atoms with Crippen LogP contribution in [0.15, 0.2) is 30.5 Å². The molecule has 1 atom stereocenters. The molecule has 2 aliphatic heterocycles. The van der Waals surface area contributed by atoms with E-state index in [-0.39, 0.29) is 19.1 Å². The molecule has 1 aromatic carbocycles. The highest BCUT2D eigenvalue weighted by atomic mass is 19.1. The molecule has 1 saturated heterocycles. The Morgan fingerprint density at radius 1 is 1.26 bits per heavy atom. The third kappa shape index (κ3) is 5.10. The maximum atomic E-state index is 14.6. The summed E-state index contributed by atoms with van der Waals surface area (Å²) in [5, 5.41) is 6.54. The molecule has 3 aliphatic rings. The van der Waals surface area contributed by atoms with Crippen LogP contribution in [-0.2, 0) is 14.3 Å². The molecule has 0 radical (unpaired) electrons. The van der Waals surface area contributed by atoms with E-state index >= 15 is 0 Å². The molecular formula is C25H33FN6O3. The topological polar surface area (TPSA) is 91.9 Å². The average molecular weight is 485 g/mol. The molecule has 1 saturated carbocycles. The molecule has 1 aliphatic carbocycles. The van der Waals surface area contributed by atoms with E-state index in [9.17, 15) is 9.18 Å². The quantitative estimate of drug-likeness (QED) is 0.415. The van der Waals surface area contributed by atoms with Crippen molar-refractivity contribution in [2.75, 3.05) is 54.9 Å². The van der Waals surface area contributed by atoms with Gasteiger partial charge in [0.1, 0.15) is 23.6 Å². The van der Waals surface area contributed by atoms with Crippen LogP contribution in [0.4, 0.5) is 21.6 Å². The van der Waals surface area contributed by atoms with Crippen molar-refractivity contribution in [3.8, 4) is 11.4 Å². The first kappa shape index (κ1) is 23.9. The van der Waals surface area contributed by atoms with Gasteiger partial charge >= 0.3 is 0 Å². The van der Waals surface area contributed by atoms with Crippen LogP contribution in [0.5, 0.6) is 0 Å². The van der Waals surface area contributed by atoms with Crippen LogP contribution in [-0.4, -0.2) is 72.9 Å².